The molecule has 0 aliphatic rings. The van der Waals surface area contributed by atoms with Crippen LogP contribution in [0.25, 0.3) is 11.4 Å². The van der Waals surface area contributed by atoms with Crippen LogP contribution in [0.1, 0.15) is 51.3 Å². The second-order valence-electron chi connectivity index (χ2n) is 7.19. The van der Waals surface area contributed by atoms with Gasteiger partial charge in [0.2, 0.25) is 0 Å². The Hall–Kier alpha value is -3.49. The summed E-state index contributed by atoms with van der Waals surface area (Å²) in [6.45, 7) is 10.5. The van der Waals surface area contributed by atoms with Crippen LogP contribution in [0.3, 0.4) is 0 Å². The van der Waals surface area contributed by atoms with Crippen molar-refractivity contribution in [3.8, 4) is 11.4 Å². The minimum absolute atomic E-state index is 0.145. The lowest BCUT2D eigenvalue weighted by molar-refractivity contribution is 0.151. The highest BCUT2D eigenvalue weighted by Gasteiger charge is 2.16. The van der Waals surface area contributed by atoms with Crippen molar-refractivity contribution in [2.24, 2.45) is 17.0 Å². The molecule has 0 unspecified atom stereocenters. The number of aliphatic imine (C=N–C) groups is 2. The highest BCUT2D eigenvalue weighted by molar-refractivity contribution is 5.84. The van der Waals surface area contributed by atoms with Gasteiger partial charge in [-0.2, -0.15) is 0 Å². The van der Waals surface area contributed by atoms with Crippen LogP contribution in [0.2, 0.25) is 0 Å². The maximum Gasteiger partial charge on any atom is 0.265 e. The predicted octanol–water partition coefficient (Wildman–Crippen LogP) is 5.64. The van der Waals surface area contributed by atoms with Crippen LogP contribution in [-0.4, -0.2) is 39.5 Å². The molecule has 0 saturated heterocycles. The van der Waals surface area contributed by atoms with Crippen molar-refractivity contribution in [3.63, 3.8) is 0 Å². The van der Waals surface area contributed by atoms with E-state index in [0.717, 1.165) is 31.2 Å². The predicted molar refractivity (Wildman–Crippen MR) is 127 cm³/mol. The fourth-order valence-corrected chi connectivity index (χ4v) is 2.78. The van der Waals surface area contributed by atoms with Gasteiger partial charge in [-0.3, -0.25) is 15.0 Å². The topological polar surface area (TPSA) is 77.5 Å². The van der Waals surface area contributed by atoms with Gasteiger partial charge in [0.25, 0.3) is 6.43 Å². The Labute approximate surface area is 193 Å². The summed E-state index contributed by atoms with van der Waals surface area (Å²) in [7, 11) is 1.73. The molecule has 0 fully saturated rings. The van der Waals surface area contributed by atoms with Gasteiger partial charge in [0, 0.05) is 37.1 Å². The molecular weight excluding hydrogens is 426 g/mol. The Bertz CT molecular complexity index is 1040. The number of halogens is 2. The lowest BCUT2D eigenvalue weighted by Gasteiger charge is -2.08. The van der Waals surface area contributed by atoms with Crippen LogP contribution in [0.5, 0.6) is 0 Å². The van der Waals surface area contributed by atoms with Gasteiger partial charge in [-0.15, -0.1) is 5.10 Å². The molecule has 9 heteroatoms. The molecule has 2 rings (SSSR count). The number of pyridine rings is 1. The van der Waals surface area contributed by atoms with Crippen molar-refractivity contribution in [1.29, 1.82) is 0 Å². The second-order valence-corrected chi connectivity index (χ2v) is 7.19. The summed E-state index contributed by atoms with van der Waals surface area (Å²) < 4.78 is 33.0. The van der Waals surface area contributed by atoms with Crippen LogP contribution in [0.15, 0.2) is 63.6 Å². The minimum atomic E-state index is -2.57. The molecule has 2 aromatic heterocycles. The summed E-state index contributed by atoms with van der Waals surface area (Å²) in [5.41, 5.74) is 3.02. The lowest BCUT2D eigenvalue weighted by Crippen LogP contribution is -2.02. The van der Waals surface area contributed by atoms with Crippen molar-refractivity contribution in [2.45, 2.75) is 46.6 Å². The molecular formula is C24H30F2N6O. The summed E-state index contributed by atoms with van der Waals surface area (Å²) in [4.78, 5) is 12.6. The number of aryl methyl sites for hydroxylation is 1. The summed E-state index contributed by atoms with van der Waals surface area (Å²) in [6.07, 6.45) is 8.05. The summed E-state index contributed by atoms with van der Waals surface area (Å²) in [6, 6.07) is 2.83. The van der Waals surface area contributed by atoms with E-state index in [1.807, 2.05) is 26.0 Å². The molecule has 0 N–H and O–H groups in total. The first-order chi connectivity index (χ1) is 15.9. The number of allylic oxidation sites excluding steroid dienone is 5. The highest BCUT2D eigenvalue weighted by Crippen LogP contribution is 2.23. The number of unbranched alkanes of at least 4 members (excludes halogenated alkanes) is 1. The third-order valence-electron chi connectivity index (χ3n) is 4.78. The van der Waals surface area contributed by atoms with Crippen molar-refractivity contribution in [3.05, 3.63) is 64.8 Å². The van der Waals surface area contributed by atoms with Crippen LogP contribution in [-0.2, 0) is 18.4 Å². The zero-order chi connectivity index (χ0) is 24.2. The SMILES string of the molecule is C=NC(=C\C=C(/C)OCc1c(-c2ccc(C(F)F)cn2)nnn1C)/C(/C=N\CCCC)=C/C. The van der Waals surface area contributed by atoms with Crippen LogP contribution >= 0.6 is 0 Å². The molecule has 0 bridgehead atoms. The van der Waals surface area contributed by atoms with E-state index < -0.39 is 6.43 Å². The Kier molecular flexibility index (Phi) is 10.3. The van der Waals surface area contributed by atoms with Crippen LogP contribution in [0, 0.1) is 0 Å². The van der Waals surface area contributed by atoms with Gasteiger partial charge in [-0.05, 0) is 51.3 Å². The maximum atomic E-state index is 12.8. The normalized spacial score (nSPS) is 13.2. The average Bonchev–Trinajstić information content (AvgIpc) is 3.19. The van der Waals surface area contributed by atoms with E-state index in [9.17, 15) is 8.78 Å². The molecule has 0 aromatic carbocycles. The molecule has 0 aliphatic carbocycles. The van der Waals surface area contributed by atoms with E-state index in [1.54, 1.807) is 24.0 Å². The average molecular weight is 457 g/mol. The highest BCUT2D eigenvalue weighted by atomic mass is 19.3. The molecule has 33 heavy (non-hydrogen) atoms. The number of nitrogens with zero attached hydrogens (tertiary/aromatic N) is 6. The number of aromatic nitrogens is 4. The molecule has 176 valence electrons. The smallest absolute Gasteiger partial charge is 0.265 e. The largest absolute Gasteiger partial charge is 0.492 e. The van der Waals surface area contributed by atoms with Gasteiger partial charge >= 0.3 is 0 Å². The Morgan fingerprint density at radius 3 is 2.70 bits per heavy atom. The third kappa shape index (κ3) is 7.55. The first-order valence-corrected chi connectivity index (χ1v) is 10.7. The molecule has 2 aromatic rings. The third-order valence-corrected chi connectivity index (χ3v) is 4.78. The number of ether oxygens (including phenoxy) is 1. The standard InChI is InChI=1S/C24H30F2N6O/c1-6-8-13-28-14-18(7-2)20(27-4)11-9-17(3)33-16-22-23(30-31-32(22)5)21-12-10-19(15-29-21)24(25)26/h7,9-12,14-15,24H,4,6,8,13,16H2,1-3,5H3/b17-9+,18-7+,20-11-,28-14-. The fraction of sp³-hybridized carbons (Fsp3) is 0.375. The van der Waals surface area contributed by atoms with Gasteiger partial charge in [0.1, 0.15) is 18.0 Å². The van der Waals surface area contributed by atoms with Gasteiger partial charge < -0.3 is 4.74 Å². The first-order valence-electron chi connectivity index (χ1n) is 10.7. The van der Waals surface area contributed by atoms with Crippen LogP contribution in [0.4, 0.5) is 8.78 Å². The van der Waals surface area contributed by atoms with Crippen LogP contribution < -0.4 is 0 Å². The van der Waals surface area contributed by atoms with E-state index in [-0.39, 0.29) is 12.2 Å². The second kappa shape index (κ2) is 13.1. The molecule has 0 amide bonds. The monoisotopic (exact) mass is 456 g/mol. The molecule has 0 saturated carbocycles. The summed E-state index contributed by atoms with van der Waals surface area (Å²) in [5, 5.41) is 8.12. The van der Waals surface area contributed by atoms with E-state index in [2.05, 4.69) is 38.9 Å². The zero-order valence-electron chi connectivity index (χ0n) is 19.5. The summed E-state index contributed by atoms with van der Waals surface area (Å²) in [5.74, 6) is 0.641. The summed E-state index contributed by atoms with van der Waals surface area (Å²) >= 11 is 0. The maximum absolute atomic E-state index is 12.8. The van der Waals surface area contributed by atoms with Crippen molar-refractivity contribution >= 4 is 12.9 Å². The van der Waals surface area contributed by atoms with E-state index in [0.29, 0.717) is 28.5 Å². The number of hydrogen-bond donors (Lipinski definition) is 0. The van der Waals surface area contributed by atoms with E-state index in [4.69, 9.17) is 4.74 Å². The number of alkyl halides is 2. The molecule has 0 atom stereocenters. The fourth-order valence-electron chi connectivity index (χ4n) is 2.78. The number of hydrogen-bond acceptors (Lipinski definition) is 6. The molecule has 2 heterocycles. The molecule has 0 aliphatic heterocycles. The van der Waals surface area contributed by atoms with Crippen molar-refractivity contribution in [1.82, 2.24) is 20.0 Å². The number of rotatable bonds is 12. The quantitative estimate of drug-likeness (QED) is 0.179. The van der Waals surface area contributed by atoms with Gasteiger partial charge in [-0.1, -0.05) is 24.6 Å². The zero-order valence-corrected chi connectivity index (χ0v) is 19.5. The van der Waals surface area contributed by atoms with E-state index in [1.165, 1.54) is 12.1 Å². The van der Waals surface area contributed by atoms with Gasteiger partial charge in [-0.25, -0.2) is 13.5 Å². The Morgan fingerprint density at radius 1 is 1.30 bits per heavy atom. The Balaban J connectivity index is 2.12. The minimum Gasteiger partial charge on any atom is -0.492 e. The molecule has 0 spiro atoms. The van der Waals surface area contributed by atoms with Gasteiger partial charge in [0.05, 0.1) is 17.2 Å². The van der Waals surface area contributed by atoms with E-state index >= 15 is 0 Å². The first kappa shape index (κ1) is 25.8. The lowest BCUT2D eigenvalue weighted by atomic mass is 10.2. The molecule has 0 radical (unpaired) electrons. The van der Waals surface area contributed by atoms with Gasteiger partial charge in [0.15, 0.2) is 0 Å². The van der Waals surface area contributed by atoms with Crippen molar-refractivity contribution in [2.75, 3.05) is 6.54 Å². The Morgan fingerprint density at radius 2 is 2.09 bits per heavy atom. The van der Waals surface area contributed by atoms with Crippen molar-refractivity contribution < 1.29 is 13.5 Å². The molecule has 7 nitrogen and oxygen atoms in total.